The monoisotopic (exact) mass is 391 g/mol. The van der Waals surface area contributed by atoms with Crippen LogP contribution in [0.4, 0.5) is 0 Å². The molecule has 1 aliphatic rings. The number of methoxy groups -OCH3 is 1. The second-order valence-electron chi connectivity index (χ2n) is 6.81. The van der Waals surface area contributed by atoms with Crippen molar-refractivity contribution in [1.29, 1.82) is 0 Å². The summed E-state index contributed by atoms with van der Waals surface area (Å²) in [5, 5.41) is 7.21. The molecule has 29 heavy (non-hydrogen) atoms. The lowest BCUT2D eigenvalue weighted by molar-refractivity contribution is -0.130. The first kappa shape index (κ1) is 18.7. The van der Waals surface area contributed by atoms with Crippen molar-refractivity contribution in [2.75, 3.05) is 7.11 Å². The number of benzene rings is 2. The van der Waals surface area contributed by atoms with Crippen molar-refractivity contribution >= 4 is 11.9 Å². The van der Waals surface area contributed by atoms with Crippen molar-refractivity contribution < 1.29 is 19.1 Å². The highest BCUT2D eigenvalue weighted by atomic mass is 16.6. The summed E-state index contributed by atoms with van der Waals surface area (Å²) < 4.78 is 12.4. The van der Waals surface area contributed by atoms with E-state index in [0.29, 0.717) is 5.56 Å². The third-order valence-corrected chi connectivity index (χ3v) is 4.60. The Labute approximate surface area is 168 Å². The summed E-state index contributed by atoms with van der Waals surface area (Å²) in [5.41, 5.74) is 1.38. The lowest BCUT2D eigenvalue weighted by atomic mass is 10.1. The third-order valence-electron chi connectivity index (χ3n) is 4.60. The minimum atomic E-state index is -1.06. The molecule has 0 spiro atoms. The van der Waals surface area contributed by atoms with Crippen LogP contribution in [0.25, 0.3) is 5.69 Å². The smallest absolute Gasteiger partial charge is 0.363 e. The molecular weight excluding hydrogens is 370 g/mol. The van der Waals surface area contributed by atoms with Gasteiger partial charge in [-0.05, 0) is 25.0 Å². The van der Waals surface area contributed by atoms with Gasteiger partial charge < -0.3 is 14.8 Å². The molecule has 1 heterocycles. The standard InChI is InChI=1S/C22H21N3O4/c1-28-18-14-25(17-10-6-3-7-11-17)24-19(18)22(27)29-20(15-8-4-2-5-9-15)21(26)23-16-12-13-16/h2-11,14,16,20H,12-13H2,1H3,(H,23,26)/t20-/m1/s1. The Hall–Kier alpha value is -3.61. The number of carbonyl (C=O) groups excluding carboxylic acids is 2. The van der Waals surface area contributed by atoms with Crippen LogP contribution in [0.5, 0.6) is 5.75 Å². The maximum absolute atomic E-state index is 12.9. The highest BCUT2D eigenvalue weighted by Crippen LogP contribution is 2.26. The van der Waals surface area contributed by atoms with Gasteiger partial charge in [-0.25, -0.2) is 9.48 Å². The number of para-hydroxylation sites is 1. The molecule has 0 bridgehead atoms. The van der Waals surface area contributed by atoms with Crippen molar-refractivity contribution in [2.24, 2.45) is 0 Å². The third kappa shape index (κ3) is 4.29. The molecule has 1 fully saturated rings. The first-order chi connectivity index (χ1) is 14.2. The van der Waals surface area contributed by atoms with Crippen LogP contribution in [0.15, 0.2) is 66.9 Å². The van der Waals surface area contributed by atoms with E-state index >= 15 is 0 Å². The number of hydrogen-bond donors (Lipinski definition) is 1. The summed E-state index contributed by atoms with van der Waals surface area (Å²) in [4.78, 5) is 25.6. The predicted octanol–water partition coefficient (Wildman–Crippen LogP) is 3.06. The van der Waals surface area contributed by atoms with Crippen LogP contribution in [0.1, 0.15) is 35.0 Å². The van der Waals surface area contributed by atoms with Gasteiger partial charge in [0.2, 0.25) is 11.8 Å². The van der Waals surface area contributed by atoms with Crippen molar-refractivity contribution in [3.63, 3.8) is 0 Å². The zero-order valence-electron chi connectivity index (χ0n) is 15.9. The Balaban J connectivity index is 1.60. The topological polar surface area (TPSA) is 82.5 Å². The number of nitrogens with zero attached hydrogens (tertiary/aromatic N) is 2. The molecule has 1 amide bonds. The summed E-state index contributed by atoms with van der Waals surface area (Å²) in [6, 6.07) is 18.4. The first-order valence-corrected chi connectivity index (χ1v) is 9.41. The largest absolute Gasteiger partial charge is 0.493 e. The lowest BCUT2D eigenvalue weighted by Crippen LogP contribution is -2.33. The van der Waals surface area contributed by atoms with Crippen LogP contribution in [0, 0.1) is 0 Å². The maximum atomic E-state index is 12.9. The number of aromatic nitrogens is 2. The van der Waals surface area contributed by atoms with E-state index in [1.807, 2.05) is 36.4 Å². The van der Waals surface area contributed by atoms with E-state index in [-0.39, 0.29) is 23.4 Å². The summed E-state index contributed by atoms with van der Waals surface area (Å²) in [6.07, 6.45) is 2.43. The zero-order chi connectivity index (χ0) is 20.2. The predicted molar refractivity (Wildman–Crippen MR) is 106 cm³/mol. The first-order valence-electron chi connectivity index (χ1n) is 9.41. The number of carbonyl (C=O) groups is 2. The number of ether oxygens (including phenoxy) is 2. The van der Waals surface area contributed by atoms with Gasteiger partial charge in [0, 0.05) is 11.6 Å². The van der Waals surface area contributed by atoms with Gasteiger partial charge in [-0.3, -0.25) is 4.79 Å². The molecule has 7 nitrogen and oxygen atoms in total. The second-order valence-corrected chi connectivity index (χ2v) is 6.81. The van der Waals surface area contributed by atoms with Crippen molar-refractivity contribution in [2.45, 2.75) is 25.0 Å². The quantitative estimate of drug-likeness (QED) is 0.626. The molecule has 7 heteroatoms. The number of hydrogen-bond acceptors (Lipinski definition) is 5. The fraction of sp³-hybridized carbons (Fsp3) is 0.227. The normalized spacial score (nSPS) is 14.1. The minimum absolute atomic E-state index is 0.0107. The molecule has 0 radical (unpaired) electrons. The molecule has 1 aromatic heterocycles. The van der Waals surface area contributed by atoms with E-state index in [0.717, 1.165) is 18.5 Å². The molecule has 0 saturated heterocycles. The number of nitrogens with one attached hydrogen (secondary N) is 1. The highest BCUT2D eigenvalue weighted by molar-refractivity contribution is 5.93. The fourth-order valence-corrected chi connectivity index (χ4v) is 2.93. The number of esters is 1. The molecule has 0 unspecified atom stereocenters. The average molecular weight is 391 g/mol. The Morgan fingerprint density at radius 1 is 1.07 bits per heavy atom. The van der Waals surface area contributed by atoms with Gasteiger partial charge in [0.25, 0.3) is 5.91 Å². The average Bonchev–Trinajstić information content (AvgIpc) is 3.47. The summed E-state index contributed by atoms with van der Waals surface area (Å²) in [5.74, 6) is -0.793. The highest BCUT2D eigenvalue weighted by Gasteiger charge is 2.32. The van der Waals surface area contributed by atoms with E-state index in [4.69, 9.17) is 9.47 Å². The minimum Gasteiger partial charge on any atom is -0.493 e. The van der Waals surface area contributed by atoms with Gasteiger partial charge in [-0.2, -0.15) is 5.10 Å². The second kappa shape index (κ2) is 8.18. The van der Waals surface area contributed by atoms with Gasteiger partial charge in [-0.15, -0.1) is 0 Å². The van der Waals surface area contributed by atoms with Gasteiger partial charge in [0.15, 0.2) is 5.75 Å². The molecule has 0 aliphatic heterocycles. The molecule has 2 aromatic carbocycles. The van der Waals surface area contributed by atoms with Gasteiger partial charge >= 0.3 is 5.97 Å². The zero-order valence-corrected chi connectivity index (χ0v) is 15.9. The van der Waals surface area contributed by atoms with Crippen LogP contribution in [-0.2, 0) is 9.53 Å². The SMILES string of the molecule is COc1cn(-c2ccccc2)nc1C(=O)O[C@@H](C(=O)NC1CC1)c1ccccc1. The van der Waals surface area contributed by atoms with Gasteiger partial charge in [-0.1, -0.05) is 48.5 Å². The van der Waals surface area contributed by atoms with E-state index in [9.17, 15) is 9.59 Å². The molecule has 148 valence electrons. The van der Waals surface area contributed by atoms with E-state index in [1.54, 1.807) is 30.5 Å². The Bertz CT molecular complexity index is 997. The van der Waals surface area contributed by atoms with Crippen LogP contribution >= 0.6 is 0 Å². The Morgan fingerprint density at radius 2 is 1.72 bits per heavy atom. The van der Waals surface area contributed by atoms with E-state index in [1.165, 1.54) is 11.8 Å². The van der Waals surface area contributed by atoms with Gasteiger partial charge in [0.05, 0.1) is 19.0 Å². The summed E-state index contributed by atoms with van der Waals surface area (Å²) >= 11 is 0. The van der Waals surface area contributed by atoms with Crippen molar-refractivity contribution in [1.82, 2.24) is 15.1 Å². The molecule has 1 atom stereocenters. The molecular formula is C22H21N3O4. The van der Waals surface area contributed by atoms with Crippen LogP contribution in [0.3, 0.4) is 0 Å². The van der Waals surface area contributed by atoms with Crippen LogP contribution in [0.2, 0.25) is 0 Å². The molecule has 1 N–H and O–H groups in total. The number of amides is 1. The molecule has 1 aliphatic carbocycles. The van der Waals surface area contributed by atoms with E-state index < -0.39 is 12.1 Å². The molecule has 1 saturated carbocycles. The Morgan fingerprint density at radius 3 is 2.34 bits per heavy atom. The lowest BCUT2D eigenvalue weighted by Gasteiger charge is -2.17. The van der Waals surface area contributed by atoms with E-state index in [2.05, 4.69) is 10.4 Å². The van der Waals surface area contributed by atoms with Crippen molar-refractivity contribution in [3.05, 3.63) is 78.1 Å². The molecule has 3 aromatic rings. The van der Waals surface area contributed by atoms with Crippen molar-refractivity contribution in [3.8, 4) is 11.4 Å². The van der Waals surface area contributed by atoms with Crippen LogP contribution in [-0.4, -0.2) is 34.8 Å². The molecule has 4 rings (SSSR count). The van der Waals surface area contributed by atoms with Crippen LogP contribution < -0.4 is 10.1 Å². The Kier molecular flexibility index (Phi) is 5.29. The van der Waals surface area contributed by atoms with Gasteiger partial charge in [0.1, 0.15) is 0 Å². The maximum Gasteiger partial charge on any atom is 0.363 e. The fourth-order valence-electron chi connectivity index (χ4n) is 2.93. The number of rotatable bonds is 7. The summed E-state index contributed by atoms with van der Waals surface area (Å²) in [6.45, 7) is 0. The summed E-state index contributed by atoms with van der Waals surface area (Å²) in [7, 11) is 1.46.